The number of carboxylic acid groups (broad SMARTS) is 1. The molecule has 0 aliphatic carbocycles. The van der Waals surface area contributed by atoms with Crippen LogP contribution in [0.4, 0.5) is 5.69 Å². The molecule has 1 aliphatic heterocycles. The molecule has 2 unspecified atom stereocenters. The Bertz CT molecular complexity index is 481. The van der Waals surface area contributed by atoms with Gasteiger partial charge in [-0.2, -0.15) is 0 Å². The number of nitrogens with zero attached hydrogens (tertiary/aromatic N) is 1. The van der Waals surface area contributed by atoms with E-state index in [1.807, 2.05) is 24.3 Å². The summed E-state index contributed by atoms with van der Waals surface area (Å²) in [5.41, 5.74) is 2.05. The number of rotatable bonds is 4. The number of piperidine rings is 1. The molecule has 0 amide bonds. The second-order valence-electron chi connectivity index (χ2n) is 5.25. The molecular weight excluding hydrogens is 254 g/mol. The summed E-state index contributed by atoms with van der Waals surface area (Å²) in [5.74, 6) is -0.337. The number of carboxylic acids is 1. The Balaban J connectivity index is 2.04. The zero-order valence-electron chi connectivity index (χ0n) is 12.0. The highest BCUT2D eigenvalue weighted by Crippen LogP contribution is 2.25. The molecule has 1 heterocycles. The van der Waals surface area contributed by atoms with Gasteiger partial charge in [-0.15, -0.1) is 0 Å². The van der Waals surface area contributed by atoms with E-state index in [1.165, 1.54) is 0 Å². The fraction of sp³-hybridized carbons (Fsp3) is 0.438. The molecular formula is C16H21NO3. The van der Waals surface area contributed by atoms with E-state index in [-0.39, 0.29) is 6.10 Å². The van der Waals surface area contributed by atoms with E-state index in [2.05, 4.69) is 11.8 Å². The van der Waals surface area contributed by atoms with Crippen LogP contribution in [0.5, 0.6) is 0 Å². The van der Waals surface area contributed by atoms with Crippen molar-refractivity contribution < 1.29 is 14.6 Å². The number of benzene rings is 1. The van der Waals surface area contributed by atoms with E-state index in [0.29, 0.717) is 5.92 Å². The summed E-state index contributed by atoms with van der Waals surface area (Å²) in [6, 6.07) is 7.94. The second-order valence-corrected chi connectivity index (χ2v) is 5.25. The average Bonchev–Trinajstić information content (AvgIpc) is 2.46. The van der Waals surface area contributed by atoms with Crippen LogP contribution in [0.25, 0.3) is 6.08 Å². The molecule has 1 fully saturated rings. The summed E-state index contributed by atoms with van der Waals surface area (Å²) in [5, 5.41) is 8.61. The zero-order valence-corrected chi connectivity index (χ0v) is 12.0. The third-order valence-electron chi connectivity index (χ3n) is 3.87. The summed E-state index contributed by atoms with van der Waals surface area (Å²) in [7, 11) is 1.77. The van der Waals surface area contributed by atoms with Crippen molar-refractivity contribution in [2.45, 2.75) is 19.4 Å². The summed E-state index contributed by atoms with van der Waals surface area (Å²) < 4.78 is 5.53. The maximum absolute atomic E-state index is 10.5. The third-order valence-corrected chi connectivity index (χ3v) is 3.87. The van der Waals surface area contributed by atoms with Gasteiger partial charge in [0.05, 0.1) is 6.10 Å². The van der Waals surface area contributed by atoms with Crippen LogP contribution in [0.15, 0.2) is 30.3 Å². The van der Waals surface area contributed by atoms with Crippen LogP contribution >= 0.6 is 0 Å². The van der Waals surface area contributed by atoms with Gasteiger partial charge in [-0.05, 0) is 36.1 Å². The van der Waals surface area contributed by atoms with Crippen molar-refractivity contribution in [1.29, 1.82) is 0 Å². The highest BCUT2D eigenvalue weighted by Gasteiger charge is 2.25. The molecule has 2 atom stereocenters. The first-order valence-corrected chi connectivity index (χ1v) is 6.89. The van der Waals surface area contributed by atoms with E-state index < -0.39 is 5.97 Å². The zero-order chi connectivity index (χ0) is 14.5. The minimum atomic E-state index is -0.929. The van der Waals surface area contributed by atoms with Crippen molar-refractivity contribution in [3.8, 4) is 0 Å². The first-order chi connectivity index (χ1) is 9.60. The van der Waals surface area contributed by atoms with Crippen LogP contribution in [0.1, 0.15) is 18.9 Å². The smallest absolute Gasteiger partial charge is 0.328 e. The number of anilines is 1. The van der Waals surface area contributed by atoms with Gasteiger partial charge in [0.1, 0.15) is 0 Å². The Morgan fingerprint density at radius 1 is 1.40 bits per heavy atom. The molecule has 0 radical (unpaired) electrons. The summed E-state index contributed by atoms with van der Waals surface area (Å²) in [4.78, 5) is 12.8. The van der Waals surface area contributed by atoms with Gasteiger partial charge in [0.2, 0.25) is 0 Å². The number of aliphatic carboxylic acids is 1. The van der Waals surface area contributed by atoms with E-state index >= 15 is 0 Å². The lowest BCUT2D eigenvalue weighted by molar-refractivity contribution is -0.131. The molecule has 1 aliphatic rings. The topological polar surface area (TPSA) is 49.8 Å². The third kappa shape index (κ3) is 3.61. The number of hydrogen-bond acceptors (Lipinski definition) is 3. The average molecular weight is 275 g/mol. The lowest BCUT2D eigenvalue weighted by atomic mass is 9.95. The van der Waals surface area contributed by atoms with Crippen LogP contribution in [-0.2, 0) is 9.53 Å². The standard InChI is InChI=1S/C16H21NO3/c1-12-9-10-17(11-15(12)20-2)14-6-3-13(4-7-14)5-8-16(18)19/h3-8,12,15H,9-11H2,1-2H3,(H,18,19)/b8-5+. The van der Waals surface area contributed by atoms with Crippen molar-refractivity contribution in [3.63, 3.8) is 0 Å². The second kappa shape index (κ2) is 6.57. The number of carbonyl (C=O) groups is 1. The van der Waals surface area contributed by atoms with E-state index in [9.17, 15) is 4.79 Å². The lowest BCUT2D eigenvalue weighted by Gasteiger charge is -2.37. The first kappa shape index (κ1) is 14.6. The number of ether oxygens (including phenoxy) is 1. The summed E-state index contributed by atoms with van der Waals surface area (Å²) in [6.45, 7) is 4.17. The van der Waals surface area contributed by atoms with Gasteiger partial charge in [-0.3, -0.25) is 0 Å². The molecule has 4 nitrogen and oxygen atoms in total. The predicted octanol–water partition coefficient (Wildman–Crippen LogP) is 2.65. The normalized spacial score (nSPS) is 23.2. The fourth-order valence-electron chi connectivity index (χ4n) is 2.54. The molecule has 0 aromatic heterocycles. The Kier molecular flexibility index (Phi) is 4.79. The van der Waals surface area contributed by atoms with Gasteiger partial charge in [-0.25, -0.2) is 4.79 Å². The fourth-order valence-corrected chi connectivity index (χ4v) is 2.54. The van der Waals surface area contributed by atoms with E-state index in [1.54, 1.807) is 13.2 Å². The Morgan fingerprint density at radius 3 is 2.70 bits per heavy atom. The monoisotopic (exact) mass is 275 g/mol. The molecule has 0 spiro atoms. The van der Waals surface area contributed by atoms with Gasteiger partial charge >= 0.3 is 5.97 Å². The maximum atomic E-state index is 10.5. The molecule has 20 heavy (non-hydrogen) atoms. The Labute approximate surface area is 119 Å². The van der Waals surface area contributed by atoms with Crippen LogP contribution in [0.2, 0.25) is 0 Å². The molecule has 1 aromatic rings. The van der Waals surface area contributed by atoms with E-state index in [0.717, 1.165) is 36.8 Å². The SMILES string of the molecule is COC1CN(c2ccc(/C=C/C(=O)O)cc2)CCC1C. The van der Waals surface area contributed by atoms with Crippen LogP contribution < -0.4 is 4.90 Å². The Morgan fingerprint density at radius 2 is 2.10 bits per heavy atom. The molecule has 0 bridgehead atoms. The Hall–Kier alpha value is -1.81. The first-order valence-electron chi connectivity index (χ1n) is 6.89. The van der Waals surface area contributed by atoms with Gasteiger partial charge in [0.15, 0.2) is 0 Å². The van der Waals surface area contributed by atoms with Gasteiger partial charge in [0.25, 0.3) is 0 Å². The van der Waals surface area contributed by atoms with Crippen molar-refractivity contribution in [3.05, 3.63) is 35.9 Å². The highest BCUT2D eigenvalue weighted by molar-refractivity contribution is 5.85. The van der Waals surface area contributed by atoms with Gasteiger partial charge in [-0.1, -0.05) is 19.1 Å². The van der Waals surface area contributed by atoms with Crippen molar-refractivity contribution in [2.75, 3.05) is 25.1 Å². The molecule has 0 saturated carbocycles. The largest absolute Gasteiger partial charge is 0.478 e. The van der Waals surface area contributed by atoms with Crippen LogP contribution in [-0.4, -0.2) is 37.4 Å². The van der Waals surface area contributed by atoms with Crippen molar-refractivity contribution in [2.24, 2.45) is 5.92 Å². The lowest BCUT2D eigenvalue weighted by Crippen LogP contribution is -2.43. The molecule has 2 rings (SSSR count). The quantitative estimate of drug-likeness (QED) is 0.858. The van der Waals surface area contributed by atoms with Crippen molar-refractivity contribution >= 4 is 17.7 Å². The highest BCUT2D eigenvalue weighted by atomic mass is 16.5. The van der Waals surface area contributed by atoms with Crippen LogP contribution in [0.3, 0.4) is 0 Å². The number of hydrogen-bond donors (Lipinski definition) is 1. The summed E-state index contributed by atoms with van der Waals surface area (Å²) >= 11 is 0. The van der Waals surface area contributed by atoms with Gasteiger partial charge < -0.3 is 14.7 Å². The van der Waals surface area contributed by atoms with Gasteiger partial charge in [0, 0.05) is 32.0 Å². The summed E-state index contributed by atoms with van der Waals surface area (Å²) in [6.07, 6.45) is 4.15. The van der Waals surface area contributed by atoms with Crippen molar-refractivity contribution in [1.82, 2.24) is 0 Å². The molecule has 1 N–H and O–H groups in total. The predicted molar refractivity (Wildman–Crippen MR) is 79.9 cm³/mol. The van der Waals surface area contributed by atoms with E-state index in [4.69, 9.17) is 9.84 Å². The molecule has 1 saturated heterocycles. The molecule has 4 heteroatoms. The maximum Gasteiger partial charge on any atom is 0.328 e. The molecule has 108 valence electrons. The van der Waals surface area contributed by atoms with Crippen LogP contribution in [0, 0.1) is 5.92 Å². The minimum Gasteiger partial charge on any atom is -0.478 e. The number of methoxy groups -OCH3 is 1. The minimum absolute atomic E-state index is 0.273. The molecule has 1 aromatic carbocycles.